The topological polar surface area (TPSA) is 0 Å². The second kappa shape index (κ2) is 6.56. The van der Waals surface area contributed by atoms with Crippen LogP contribution >= 0.6 is 0 Å². The zero-order valence-electron chi connectivity index (χ0n) is 17.0. The largest absolute Gasteiger partial charge is 0.0594 e. The van der Waals surface area contributed by atoms with Crippen molar-refractivity contribution in [2.45, 2.75) is 104 Å². The van der Waals surface area contributed by atoms with Gasteiger partial charge < -0.3 is 0 Å². The van der Waals surface area contributed by atoms with Crippen molar-refractivity contribution < 1.29 is 0 Å². The summed E-state index contributed by atoms with van der Waals surface area (Å²) >= 11 is 0. The molecule has 5 saturated carbocycles. The Bertz CT molecular complexity index is 476. The first-order valence-corrected chi connectivity index (χ1v) is 12.2. The number of fused-ring (bicyclic) bond motifs is 4. The van der Waals surface area contributed by atoms with Gasteiger partial charge in [0.25, 0.3) is 0 Å². The average Bonchev–Trinajstić information content (AvgIpc) is 3.26. The van der Waals surface area contributed by atoms with E-state index in [0.717, 1.165) is 47.3 Å². The minimum absolute atomic E-state index is 0.623. The molecule has 0 nitrogen and oxygen atoms in total. The van der Waals surface area contributed by atoms with Crippen LogP contribution in [0, 0.1) is 52.8 Å². The van der Waals surface area contributed by atoms with E-state index in [1.165, 1.54) is 12.8 Å². The van der Waals surface area contributed by atoms with Crippen molar-refractivity contribution in [1.82, 2.24) is 0 Å². The molecule has 0 aromatic carbocycles. The zero-order valence-corrected chi connectivity index (χ0v) is 17.0. The van der Waals surface area contributed by atoms with Gasteiger partial charge in [-0.1, -0.05) is 52.4 Å². The molecule has 8 atom stereocenters. The molecule has 0 aliphatic heterocycles. The summed E-state index contributed by atoms with van der Waals surface area (Å²) in [6.45, 7) is 5.46. The standard InChI is InChI=1S/C25H42/c1-25(2,23-15-12-18-8-4-6-10-20(18)23)24-16-14-21-19-9-5-3-7-17(19)11-13-22(21)24/h17-24H,3-16H2,1-2H3. The van der Waals surface area contributed by atoms with Crippen LogP contribution in [0.5, 0.6) is 0 Å². The Morgan fingerprint density at radius 1 is 0.440 bits per heavy atom. The fraction of sp³-hybridized carbons (Fsp3) is 1.00. The normalized spacial score (nSPS) is 50.2. The molecular weight excluding hydrogens is 300 g/mol. The molecule has 25 heavy (non-hydrogen) atoms. The van der Waals surface area contributed by atoms with Crippen molar-refractivity contribution >= 4 is 0 Å². The van der Waals surface area contributed by atoms with Gasteiger partial charge in [-0.3, -0.25) is 0 Å². The lowest BCUT2D eigenvalue weighted by molar-refractivity contribution is -0.00414. The molecule has 5 rings (SSSR count). The molecule has 5 aliphatic rings. The highest BCUT2D eigenvalue weighted by atomic mass is 14.6. The first-order valence-electron chi connectivity index (χ1n) is 12.2. The molecule has 142 valence electrons. The summed E-state index contributed by atoms with van der Waals surface area (Å²) in [6, 6.07) is 0. The van der Waals surface area contributed by atoms with E-state index in [2.05, 4.69) is 13.8 Å². The van der Waals surface area contributed by atoms with Gasteiger partial charge in [0.1, 0.15) is 0 Å². The third-order valence-electron chi connectivity index (χ3n) is 10.5. The quantitative estimate of drug-likeness (QED) is 0.488. The minimum atomic E-state index is 0.623. The molecule has 0 bridgehead atoms. The third-order valence-corrected chi connectivity index (χ3v) is 10.5. The van der Waals surface area contributed by atoms with Gasteiger partial charge in [0.15, 0.2) is 0 Å². The highest BCUT2D eigenvalue weighted by Crippen LogP contribution is 2.63. The number of hydrogen-bond acceptors (Lipinski definition) is 0. The maximum absolute atomic E-state index is 2.73. The SMILES string of the molecule is CC(C)(C1CCC2CCCCC21)C1CCC2C3CCCCC3CCC21. The first kappa shape index (κ1) is 17.1. The van der Waals surface area contributed by atoms with Crippen molar-refractivity contribution in [3.8, 4) is 0 Å². The predicted molar refractivity (Wildman–Crippen MR) is 106 cm³/mol. The van der Waals surface area contributed by atoms with Gasteiger partial charge in [-0.05, 0) is 104 Å². The minimum Gasteiger partial charge on any atom is -0.0594 e. The Morgan fingerprint density at radius 3 is 1.76 bits per heavy atom. The second-order valence-corrected chi connectivity index (χ2v) is 11.5. The van der Waals surface area contributed by atoms with Crippen molar-refractivity contribution in [3.63, 3.8) is 0 Å². The number of hydrogen-bond donors (Lipinski definition) is 0. The van der Waals surface area contributed by atoms with Crippen LogP contribution in [-0.2, 0) is 0 Å². The van der Waals surface area contributed by atoms with Crippen LogP contribution < -0.4 is 0 Å². The summed E-state index contributed by atoms with van der Waals surface area (Å²) in [7, 11) is 0. The Balaban J connectivity index is 1.34. The molecule has 0 spiro atoms. The summed E-state index contributed by atoms with van der Waals surface area (Å²) in [6.07, 6.45) is 22.0. The van der Waals surface area contributed by atoms with E-state index in [1.54, 1.807) is 77.0 Å². The van der Waals surface area contributed by atoms with E-state index in [1.807, 2.05) is 0 Å². The van der Waals surface area contributed by atoms with Crippen molar-refractivity contribution in [2.75, 3.05) is 0 Å². The summed E-state index contributed by atoms with van der Waals surface area (Å²) in [5.41, 5.74) is 0.623. The number of rotatable bonds is 2. The van der Waals surface area contributed by atoms with Crippen LogP contribution in [-0.4, -0.2) is 0 Å². The van der Waals surface area contributed by atoms with E-state index in [9.17, 15) is 0 Å². The molecular formula is C25H42. The second-order valence-electron chi connectivity index (χ2n) is 11.5. The fourth-order valence-corrected chi connectivity index (χ4v) is 9.47. The van der Waals surface area contributed by atoms with Crippen molar-refractivity contribution in [2.24, 2.45) is 52.8 Å². The van der Waals surface area contributed by atoms with Gasteiger partial charge in [-0.15, -0.1) is 0 Å². The van der Waals surface area contributed by atoms with E-state index >= 15 is 0 Å². The lowest BCUT2D eigenvalue weighted by Crippen LogP contribution is -2.42. The van der Waals surface area contributed by atoms with E-state index in [4.69, 9.17) is 0 Å². The monoisotopic (exact) mass is 342 g/mol. The van der Waals surface area contributed by atoms with Gasteiger partial charge in [0.05, 0.1) is 0 Å². The van der Waals surface area contributed by atoms with Crippen LogP contribution in [0.15, 0.2) is 0 Å². The van der Waals surface area contributed by atoms with Crippen molar-refractivity contribution in [1.29, 1.82) is 0 Å². The molecule has 0 heterocycles. The molecule has 0 heteroatoms. The molecule has 0 radical (unpaired) electrons. The Kier molecular flexibility index (Phi) is 4.49. The van der Waals surface area contributed by atoms with Gasteiger partial charge in [-0.2, -0.15) is 0 Å². The Labute approximate surface area is 156 Å². The predicted octanol–water partition coefficient (Wildman–Crippen LogP) is 7.47. The average molecular weight is 343 g/mol. The molecule has 5 fully saturated rings. The molecule has 0 aromatic rings. The van der Waals surface area contributed by atoms with Crippen molar-refractivity contribution in [3.05, 3.63) is 0 Å². The lowest BCUT2D eigenvalue weighted by Gasteiger charge is -2.49. The van der Waals surface area contributed by atoms with E-state index in [0.29, 0.717) is 5.41 Å². The van der Waals surface area contributed by atoms with E-state index < -0.39 is 0 Å². The molecule has 5 aliphatic carbocycles. The van der Waals surface area contributed by atoms with Gasteiger partial charge in [-0.25, -0.2) is 0 Å². The van der Waals surface area contributed by atoms with Crippen LogP contribution in [0.4, 0.5) is 0 Å². The molecule has 0 amide bonds. The van der Waals surface area contributed by atoms with Crippen LogP contribution in [0.25, 0.3) is 0 Å². The van der Waals surface area contributed by atoms with Gasteiger partial charge in [0.2, 0.25) is 0 Å². The summed E-state index contributed by atoms with van der Waals surface area (Å²) < 4.78 is 0. The third kappa shape index (κ3) is 2.75. The maximum atomic E-state index is 2.73. The van der Waals surface area contributed by atoms with E-state index in [-0.39, 0.29) is 0 Å². The summed E-state index contributed by atoms with van der Waals surface area (Å²) in [5, 5.41) is 0. The van der Waals surface area contributed by atoms with Gasteiger partial charge >= 0.3 is 0 Å². The molecule has 8 unspecified atom stereocenters. The first-order chi connectivity index (χ1) is 12.2. The van der Waals surface area contributed by atoms with Crippen LogP contribution in [0.2, 0.25) is 0 Å². The highest BCUT2D eigenvalue weighted by Gasteiger charge is 2.54. The summed E-state index contributed by atoms with van der Waals surface area (Å²) in [5.74, 6) is 8.85. The Morgan fingerprint density at radius 2 is 0.960 bits per heavy atom. The maximum Gasteiger partial charge on any atom is -0.0292 e. The lowest BCUT2D eigenvalue weighted by atomic mass is 9.56. The Hall–Kier alpha value is 0. The van der Waals surface area contributed by atoms with Crippen LogP contribution in [0.3, 0.4) is 0 Å². The van der Waals surface area contributed by atoms with Crippen LogP contribution in [0.1, 0.15) is 104 Å². The molecule has 0 N–H and O–H groups in total. The zero-order chi connectivity index (χ0) is 17.0. The molecule has 0 saturated heterocycles. The smallest absolute Gasteiger partial charge is 0.0292 e. The molecule has 0 aromatic heterocycles. The van der Waals surface area contributed by atoms with Gasteiger partial charge in [0, 0.05) is 0 Å². The fourth-order valence-electron chi connectivity index (χ4n) is 9.47. The summed E-state index contributed by atoms with van der Waals surface area (Å²) in [4.78, 5) is 0. The highest BCUT2D eigenvalue weighted by molar-refractivity contribution is 5.04.